The van der Waals surface area contributed by atoms with Crippen LogP contribution in [0.4, 0.5) is 0 Å². The summed E-state index contributed by atoms with van der Waals surface area (Å²) < 4.78 is 0. The topological polar surface area (TPSA) is 37.3 Å². The van der Waals surface area contributed by atoms with E-state index in [1.807, 2.05) is 18.2 Å². The number of rotatable bonds is 4. The van der Waals surface area contributed by atoms with Gasteiger partial charge in [-0.05, 0) is 30.2 Å². The minimum Gasteiger partial charge on any atom is -0.481 e. The summed E-state index contributed by atoms with van der Waals surface area (Å²) in [7, 11) is 0. The smallest absolute Gasteiger partial charge is 0.303 e. The molecule has 0 amide bonds. The molecule has 0 spiro atoms. The number of carboxylic acid groups (broad SMARTS) is 1. The molecular formula is C15H20O2. The van der Waals surface area contributed by atoms with Crippen LogP contribution in [-0.2, 0) is 4.79 Å². The van der Waals surface area contributed by atoms with Gasteiger partial charge in [0.25, 0.3) is 0 Å². The van der Waals surface area contributed by atoms with Crippen LogP contribution < -0.4 is 0 Å². The number of carboxylic acids is 1. The van der Waals surface area contributed by atoms with Gasteiger partial charge in [-0.1, -0.05) is 49.6 Å². The molecule has 17 heavy (non-hydrogen) atoms. The summed E-state index contributed by atoms with van der Waals surface area (Å²) in [5.74, 6) is 0.0840. The molecule has 92 valence electrons. The van der Waals surface area contributed by atoms with Gasteiger partial charge >= 0.3 is 5.97 Å². The van der Waals surface area contributed by atoms with Gasteiger partial charge in [0, 0.05) is 0 Å². The number of hydrogen-bond acceptors (Lipinski definition) is 1. The Bertz CT molecular complexity index is 352. The molecule has 0 aromatic heterocycles. The lowest BCUT2D eigenvalue weighted by molar-refractivity contribution is -0.137. The zero-order valence-electron chi connectivity index (χ0n) is 10.1. The number of hydrogen-bond donors (Lipinski definition) is 1. The molecule has 1 N–H and O–H groups in total. The van der Waals surface area contributed by atoms with Crippen molar-refractivity contribution in [2.24, 2.45) is 5.92 Å². The maximum atomic E-state index is 11.0. The van der Waals surface area contributed by atoms with Crippen molar-refractivity contribution < 1.29 is 9.90 Å². The second-order valence-corrected chi connectivity index (χ2v) is 5.01. The van der Waals surface area contributed by atoms with Crippen LogP contribution in [0.3, 0.4) is 0 Å². The summed E-state index contributed by atoms with van der Waals surface area (Å²) in [5, 5.41) is 9.08. The van der Waals surface area contributed by atoms with Gasteiger partial charge in [0.05, 0.1) is 6.42 Å². The molecule has 1 aliphatic carbocycles. The van der Waals surface area contributed by atoms with Gasteiger partial charge in [0.15, 0.2) is 0 Å². The SMILES string of the molecule is O=C(O)C[C@H](c1ccccc1)C1CCCCC1. The first-order valence-corrected chi connectivity index (χ1v) is 6.54. The first kappa shape index (κ1) is 12.2. The van der Waals surface area contributed by atoms with Gasteiger partial charge in [-0.15, -0.1) is 0 Å². The number of benzene rings is 1. The average Bonchev–Trinajstić information content (AvgIpc) is 2.38. The second kappa shape index (κ2) is 5.85. The van der Waals surface area contributed by atoms with Gasteiger partial charge < -0.3 is 5.11 Å². The van der Waals surface area contributed by atoms with Gasteiger partial charge in [-0.3, -0.25) is 4.79 Å². The fourth-order valence-electron chi connectivity index (χ4n) is 2.98. The normalized spacial score (nSPS) is 18.8. The molecule has 0 radical (unpaired) electrons. The maximum Gasteiger partial charge on any atom is 0.303 e. The standard InChI is InChI=1S/C15H20O2/c16-15(17)11-14(12-7-3-1-4-8-12)13-9-5-2-6-10-13/h1,3-4,7-8,13-14H,2,5-6,9-11H2,(H,16,17)/t14-/m1/s1. The van der Waals surface area contributed by atoms with E-state index in [0.717, 1.165) is 0 Å². The molecule has 0 bridgehead atoms. The first-order valence-electron chi connectivity index (χ1n) is 6.54. The Morgan fingerprint density at radius 2 is 1.82 bits per heavy atom. The fraction of sp³-hybridized carbons (Fsp3) is 0.533. The average molecular weight is 232 g/mol. The van der Waals surface area contributed by atoms with Crippen molar-refractivity contribution in [3.63, 3.8) is 0 Å². The predicted molar refractivity (Wildman–Crippen MR) is 68.0 cm³/mol. The highest BCUT2D eigenvalue weighted by molar-refractivity contribution is 5.68. The van der Waals surface area contributed by atoms with Crippen molar-refractivity contribution in [1.82, 2.24) is 0 Å². The van der Waals surface area contributed by atoms with E-state index in [0.29, 0.717) is 5.92 Å². The molecule has 0 aliphatic heterocycles. The predicted octanol–water partition coefficient (Wildman–Crippen LogP) is 3.83. The molecule has 1 fully saturated rings. The third kappa shape index (κ3) is 3.32. The Morgan fingerprint density at radius 1 is 1.18 bits per heavy atom. The zero-order chi connectivity index (χ0) is 12.1. The van der Waals surface area contributed by atoms with Gasteiger partial charge in [0.1, 0.15) is 0 Å². The summed E-state index contributed by atoms with van der Waals surface area (Å²) in [6.07, 6.45) is 6.47. The fourth-order valence-corrected chi connectivity index (χ4v) is 2.98. The summed E-state index contributed by atoms with van der Waals surface area (Å²) in [5.41, 5.74) is 1.20. The van der Waals surface area contributed by atoms with E-state index in [4.69, 9.17) is 5.11 Å². The van der Waals surface area contributed by atoms with Crippen LogP contribution in [-0.4, -0.2) is 11.1 Å². The first-order chi connectivity index (χ1) is 8.27. The van der Waals surface area contributed by atoms with Crippen LogP contribution in [0.25, 0.3) is 0 Å². The molecule has 1 atom stereocenters. The minimum absolute atomic E-state index is 0.203. The van der Waals surface area contributed by atoms with E-state index in [2.05, 4.69) is 12.1 Å². The van der Waals surface area contributed by atoms with Crippen LogP contribution in [0.2, 0.25) is 0 Å². The molecule has 0 saturated heterocycles. The van der Waals surface area contributed by atoms with Gasteiger partial charge in [0.2, 0.25) is 0 Å². The molecule has 1 aliphatic rings. The summed E-state index contributed by atoms with van der Waals surface area (Å²) in [6, 6.07) is 10.1. The van der Waals surface area contributed by atoms with Gasteiger partial charge in [-0.25, -0.2) is 0 Å². The number of carbonyl (C=O) groups is 1. The van der Waals surface area contributed by atoms with E-state index in [1.165, 1.54) is 37.7 Å². The highest BCUT2D eigenvalue weighted by Gasteiger charge is 2.26. The molecular weight excluding hydrogens is 212 g/mol. The van der Waals surface area contributed by atoms with Crippen LogP contribution in [0.15, 0.2) is 30.3 Å². The van der Waals surface area contributed by atoms with Crippen molar-refractivity contribution in [3.8, 4) is 0 Å². The summed E-state index contributed by atoms with van der Waals surface area (Å²) >= 11 is 0. The van der Waals surface area contributed by atoms with E-state index < -0.39 is 5.97 Å². The Morgan fingerprint density at radius 3 is 2.41 bits per heavy atom. The van der Waals surface area contributed by atoms with Crippen molar-refractivity contribution in [2.75, 3.05) is 0 Å². The Kier molecular flexibility index (Phi) is 4.18. The minimum atomic E-state index is -0.676. The molecule has 2 rings (SSSR count). The lowest BCUT2D eigenvalue weighted by Gasteiger charge is -2.29. The van der Waals surface area contributed by atoms with E-state index in [1.54, 1.807) is 0 Å². The Balaban J connectivity index is 2.15. The number of aliphatic carboxylic acids is 1. The summed E-state index contributed by atoms with van der Waals surface area (Å²) in [6.45, 7) is 0. The lowest BCUT2D eigenvalue weighted by Crippen LogP contribution is -2.19. The largest absolute Gasteiger partial charge is 0.481 e. The summed E-state index contributed by atoms with van der Waals surface area (Å²) in [4.78, 5) is 11.0. The zero-order valence-corrected chi connectivity index (χ0v) is 10.1. The van der Waals surface area contributed by atoms with Crippen molar-refractivity contribution >= 4 is 5.97 Å². The van der Waals surface area contributed by atoms with Crippen LogP contribution in [0.5, 0.6) is 0 Å². The third-order valence-electron chi connectivity index (χ3n) is 3.84. The van der Waals surface area contributed by atoms with Crippen LogP contribution in [0, 0.1) is 5.92 Å². The van der Waals surface area contributed by atoms with Crippen molar-refractivity contribution in [2.45, 2.75) is 44.4 Å². The van der Waals surface area contributed by atoms with Crippen molar-refractivity contribution in [3.05, 3.63) is 35.9 Å². The Hall–Kier alpha value is -1.31. The van der Waals surface area contributed by atoms with E-state index in [-0.39, 0.29) is 12.3 Å². The van der Waals surface area contributed by atoms with Crippen LogP contribution in [0.1, 0.15) is 50.0 Å². The Labute approximate surface area is 103 Å². The molecule has 1 aromatic carbocycles. The molecule has 1 aromatic rings. The monoisotopic (exact) mass is 232 g/mol. The lowest BCUT2D eigenvalue weighted by atomic mass is 9.75. The molecule has 2 heteroatoms. The quantitative estimate of drug-likeness (QED) is 0.856. The molecule has 0 heterocycles. The highest BCUT2D eigenvalue weighted by atomic mass is 16.4. The highest BCUT2D eigenvalue weighted by Crippen LogP contribution is 2.37. The van der Waals surface area contributed by atoms with Crippen molar-refractivity contribution in [1.29, 1.82) is 0 Å². The third-order valence-corrected chi connectivity index (χ3v) is 3.84. The molecule has 2 nitrogen and oxygen atoms in total. The molecule has 0 unspecified atom stereocenters. The van der Waals surface area contributed by atoms with E-state index in [9.17, 15) is 4.79 Å². The van der Waals surface area contributed by atoms with Crippen LogP contribution >= 0.6 is 0 Å². The van der Waals surface area contributed by atoms with Gasteiger partial charge in [-0.2, -0.15) is 0 Å². The second-order valence-electron chi connectivity index (χ2n) is 5.01. The van der Waals surface area contributed by atoms with E-state index >= 15 is 0 Å². The molecule has 1 saturated carbocycles. The maximum absolute atomic E-state index is 11.0.